The van der Waals surface area contributed by atoms with E-state index in [9.17, 15) is 4.79 Å². The van der Waals surface area contributed by atoms with E-state index in [1.54, 1.807) is 38.7 Å². The molecule has 1 N–H and O–H groups in total. The van der Waals surface area contributed by atoms with Gasteiger partial charge in [0.1, 0.15) is 11.5 Å². The summed E-state index contributed by atoms with van der Waals surface area (Å²) in [7, 11) is 3.17. The van der Waals surface area contributed by atoms with Crippen LogP contribution in [0.4, 0.5) is 0 Å². The number of furan rings is 1. The second-order valence-corrected chi connectivity index (χ2v) is 6.41. The minimum atomic E-state index is -0.394. The van der Waals surface area contributed by atoms with E-state index in [2.05, 4.69) is 5.32 Å². The minimum absolute atomic E-state index is 0.250. The van der Waals surface area contributed by atoms with E-state index < -0.39 is 6.04 Å². The Morgan fingerprint density at radius 1 is 1.03 bits per heavy atom. The molecule has 0 radical (unpaired) electrons. The molecule has 6 heteroatoms. The zero-order chi connectivity index (χ0) is 21.3. The fourth-order valence-electron chi connectivity index (χ4n) is 3.05. The molecule has 30 heavy (non-hydrogen) atoms. The van der Waals surface area contributed by atoms with Gasteiger partial charge in [-0.2, -0.15) is 0 Å². The van der Waals surface area contributed by atoms with Crippen molar-refractivity contribution in [2.75, 3.05) is 20.8 Å². The van der Waals surface area contributed by atoms with Gasteiger partial charge in [-0.1, -0.05) is 18.2 Å². The molecule has 0 bridgehead atoms. The molecule has 0 unspecified atom stereocenters. The highest BCUT2D eigenvalue weighted by molar-refractivity contribution is 5.91. The number of methoxy groups -OCH3 is 2. The third kappa shape index (κ3) is 5.23. The smallest absolute Gasteiger partial charge is 0.244 e. The minimum Gasteiger partial charge on any atom is -0.494 e. The molecular formula is C24H25NO5. The van der Waals surface area contributed by atoms with Crippen molar-refractivity contribution < 1.29 is 23.4 Å². The molecule has 1 amide bonds. The predicted molar refractivity (Wildman–Crippen MR) is 115 cm³/mol. The first-order valence-electron chi connectivity index (χ1n) is 9.61. The number of carbonyl (C=O) groups is 1. The van der Waals surface area contributed by atoms with Crippen LogP contribution in [0.15, 0.2) is 71.4 Å². The summed E-state index contributed by atoms with van der Waals surface area (Å²) in [5.74, 6) is 2.34. The summed E-state index contributed by atoms with van der Waals surface area (Å²) in [6.07, 6.45) is 4.63. The Morgan fingerprint density at radius 3 is 2.40 bits per heavy atom. The van der Waals surface area contributed by atoms with Gasteiger partial charge >= 0.3 is 0 Å². The molecule has 1 aromatic heterocycles. The van der Waals surface area contributed by atoms with E-state index in [4.69, 9.17) is 18.6 Å². The average molecular weight is 407 g/mol. The largest absolute Gasteiger partial charge is 0.494 e. The van der Waals surface area contributed by atoms with Crippen molar-refractivity contribution in [2.24, 2.45) is 0 Å². The molecule has 0 saturated heterocycles. The first-order chi connectivity index (χ1) is 14.6. The van der Waals surface area contributed by atoms with Crippen molar-refractivity contribution in [3.8, 4) is 17.2 Å². The van der Waals surface area contributed by atoms with Crippen molar-refractivity contribution in [1.29, 1.82) is 0 Å². The lowest BCUT2D eigenvalue weighted by Gasteiger charge is -2.21. The number of hydrogen-bond acceptors (Lipinski definition) is 5. The topological polar surface area (TPSA) is 69.9 Å². The lowest BCUT2D eigenvalue weighted by Crippen LogP contribution is -2.27. The summed E-state index contributed by atoms with van der Waals surface area (Å²) in [6.45, 7) is 2.53. The molecule has 6 nitrogen and oxygen atoms in total. The Kier molecular flexibility index (Phi) is 7.16. The fraction of sp³-hybridized carbons (Fsp3) is 0.208. The number of amides is 1. The Balaban J connectivity index is 1.90. The van der Waals surface area contributed by atoms with Crippen molar-refractivity contribution >= 4 is 12.0 Å². The number of nitrogens with one attached hydrogen (secondary N) is 1. The first-order valence-corrected chi connectivity index (χ1v) is 9.61. The van der Waals surface area contributed by atoms with Crippen LogP contribution in [0.3, 0.4) is 0 Å². The molecule has 156 valence electrons. The van der Waals surface area contributed by atoms with Gasteiger partial charge < -0.3 is 23.9 Å². The molecule has 0 fully saturated rings. The average Bonchev–Trinajstić information content (AvgIpc) is 3.30. The molecule has 3 aromatic rings. The van der Waals surface area contributed by atoms with E-state index in [-0.39, 0.29) is 5.91 Å². The fourth-order valence-corrected chi connectivity index (χ4v) is 3.05. The lowest BCUT2D eigenvalue weighted by molar-refractivity contribution is -0.116. The van der Waals surface area contributed by atoms with Crippen molar-refractivity contribution in [1.82, 2.24) is 5.32 Å². The van der Waals surface area contributed by atoms with Crippen molar-refractivity contribution in [3.05, 3.63) is 83.8 Å². The molecule has 3 rings (SSSR count). The quantitative estimate of drug-likeness (QED) is 0.525. The maximum Gasteiger partial charge on any atom is 0.244 e. The third-order valence-electron chi connectivity index (χ3n) is 4.49. The van der Waals surface area contributed by atoms with E-state index in [1.807, 2.05) is 49.4 Å². The Labute approximate surface area is 176 Å². The van der Waals surface area contributed by atoms with Gasteiger partial charge in [0.05, 0.1) is 33.1 Å². The van der Waals surface area contributed by atoms with E-state index in [0.717, 1.165) is 16.9 Å². The molecule has 0 aliphatic heterocycles. The highest BCUT2D eigenvalue weighted by atomic mass is 16.5. The molecule has 0 aliphatic rings. The predicted octanol–water partition coefficient (Wildman–Crippen LogP) is 4.61. The van der Waals surface area contributed by atoms with E-state index in [0.29, 0.717) is 23.9 Å². The molecular weight excluding hydrogens is 382 g/mol. The summed E-state index contributed by atoms with van der Waals surface area (Å²) in [4.78, 5) is 12.6. The summed E-state index contributed by atoms with van der Waals surface area (Å²) in [6, 6.07) is 16.4. The molecule has 1 heterocycles. The van der Waals surface area contributed by atoms with Gasteiger partial charge in [-0.25, -0.2) is 0 Å². The maximum absolute atomic E-state index is 12.6. The maximum atomic E-state index is 12.6. The third-order valence-corrected chi connectivity index (χ3v) is 4.49. The number of benzene rings is 2. The van der Waals surface area contributed by atoms with Gasteiger partial charge in [0, 0.05) is 6.08 Å². The van der Waals surface area contributed by atoms with Crippen LogP contribution in [0, 0.1) is 0 Å². The van der Waals surface area contributed by atoms with Gasteiger partial charge in [-0.15, -0.1) is 0 Å². The van der Waals surface area contributed by atoms with Gasteiger partial charge in [-0.3, -0.25) is 4.79 Å². The van der Waals surface area contributed by atoms with Crippen LogP contribution >= 0.6 is 0 Å². The van der Waals surface area contributed by atoms with Crippen LogP contribution in [-0.2, 0) is 4.79 Å². The molecule has 1 atom stereocenters. The first kappa shape index (κ1) is 21.0. The molecule has 0 saturated carbocycles. The van der Waals surface area contributed by atoms with Crippen LogP contribution in [0.2, 0.25) is 0 Å². The SMILES string of the molecule is CCOc1ccc([C@@H](NC(=O)/C=C\c2ccco2)c2ccc(OC)c(OC)c2)cc1. The van der Waals surface area contributed by atoms with E-state index in [1.165, 1.54) is 6.08 Å². The zero-order valence-corrected chi connectivity index (χ0v) is 17.3. The van der Waals surface area contributed by atoms with Crippen LogP contribution in [0.1, 0.15) is 29.9 Å². The molecule has 2 aromatic carbocycles. The summed E-state index contributed by atoms with van der Waals surface area (Å²) in [5, 5.41) is 3.05. The Morgan fingerprint density at radius 2 is 1.77 bits per heavy atom. The van der Waals surface area contributed by atoms with Crippen molar-refractivity contribution in [3.63, 3.8) is 0 Å². The second-order valence-electron chi connectivity index (χ2n) is 6.41. The molecule has 0 aliphatic carbocycles. The zero-order valence-electron chi connectivity index (χ0n) is 17.3. The van der Waals surface area contributed by atoms with Gasteiger partial charge in [-0.05, 0) is 60.5 Å². The number of carbonyl (C=O) groups excluding carboxylic acids is 1. The van der Waals surface area contributed by atoms with Crippen LogP contribution in [0.25, 0.3) is 6.08 Å². The lowest BCUT2D eigenvalue weighted by atomic mass is 9.98. The summed E-state index contributed by atoms with van der Waals surface area (Å²) in [5.41, 5.74) is 1.77. The molecule has 0 spiro atoms. The second kappa shape index (κ2) is 10.2. The summed E-state index contributed by atoms with van der Waals surface area (Å²) >= 11 is 0. The highest BCUT2D eigenvalue weighted by Gasteiger charge is 2.18. The van der Waals surface area contributed by atoms with Crippen LogP contribution in [-0.4, -0.2) is 26.7 Å². The number of ether oxygens (including phenoxy) is 3. The highest BCUT2D eigenvalue weighted by Crippen LogP contribution is 2.32. The Hall–Kier alpha value is -3.67. The Bertz CT molecular complexity index is 977. The van der Waals surface area contributed by atoms with E-state index >= 15 is 0 Å². The van der Waals surface area contributed by atoms with Crippen LogP contribution in [0.5, 0.6) is 17.2 Å². The van der Waals surface area contributed by atoms with Gasteiger partial charge in [0.2, 0.25) is 5.91 Å². The normalized spacial score (nSPS) is 11.8. The van der Waals surface area contributed by atoms with Crippen molar-refractivity contribution in [2.45, 2.75) is 13.0 Å². The van der Waals surface area contributed by atoms with Crippen LogP contribution < -0.4 is 19.5 Å². The monoisotopic (exact) mass is 407 g/mol. The van der Waals surface area contributed by atoms with Gasteiger partial charge in [0.25, 0.3) is 0 Å². The number of hydrogen-bond donors (Lipinski definition) is 1. The summed E-state index contributed by atoms with van der Waals surface area (Å²) < 4.78 is 21.5. The standard InChI is InChI=1S/C24H25NO5/c1-4-29-20-10-7-17(8-11-20)24(18-9-13-21(27-2)22(16-18)28-3)25-23(26)14-12-19-6-5-15-30-19/h5-16,24H,4H2,1-3H3,(H,25,26)/b14-12-/t24-/m1/s1. The number of rotatable bonds is 9. The van der Waals surface area contributed by atoms with Gasteiger partial charge in [0.15, 0.2) is 11.5 Å².